The molecule has 1 heterocycles. The number of nitrogen functional groups attached to an aromatic ring is 1. The van der Waals surface area contributed by atoms with E-state index in [1.165, 1.54) is 18.3 Å². The molecular formula is C17H16N4O3S. The van der Waals surface area contributed by atoms with E-state index in [0.29, 0.717) is 28.3 Å². The third kappa shape index (κ3) is 3.69. The molecule has 0 radical (unpaired) electrons. The number of hydrogen-bond donors (Lipinski definition) is 3. The maximum Gasteiger partial charge on any atom is 0.299 e. The summed E-state index contributed by atoms with van der Waals surface area (Å²) in [6.07, 6.45) is 3.88. The van der Waals surface area contributed by atoms with Gasteiger partial charge in [0.15, 0.2) is 15.6 Å². The number of nitrogens with one attached hydrogen (secondary N) is 2. The van der Waals surface area contributed by atoms with Crippen molar-refractivity contribution in [1.29, 1.82) is 5.41 Å². The molecule has 0 aliphatic carbocycles. The molecule has 0 unspecified atom stereocenters. The summed E-state index contributed by atoms with van der Waals surface area (Å²) in [6.45, 7) is 0. The molecule has 3 rings (SSSR count). The second kappa shape index (κ2) is 6.40. The molecule has 1 aromatic heterocycles. The number of nitrogens with two attached hydrogens (primary N) is 1. The second-order valence-corrected chi connectivity index (χ2v) is 7.45. The fourth-order valence-corrected chi connectivity index (χ4v) is 2.86. The van der Waals surface area contributed by atoms with E-state index in [9.17, 15) is 8.42 Å². The molecule has 0 bridgehead atoms. The predicted octanol–water partition coefficient (Wildman–Crippen LogP) is 3.07. The summed E-state index contributed by atoms with van der Waals surface area (Å²) in [5, 5.41) is 10.3. The summed E-state index contributed by atoms with van der Waals surface area (Å²) in [5.74, 6) is 0.505. The van der Waals surface area contributed by atoms with Crippen LogP contribution in [0.1, 0.15) is 5.56 Å². The Bertz CT molecular complexity index is 1020. The van der Waals surface area contributed by atoms with Gasteiger partial charge in [0.25, 0.3) is 6.01 Å². The highest BCUT2D eigenvalue weighted by atomic mass is 32.2. The molecule has 4 N–H and O–H groups in total. The number of benzene rings is 2. The van der Waals surface area contributed by atoms with E-state index >= 15 is 0 Å². The highest BCUT2D eigenvalue weighted by Gasteiger charge is 2.10. The molecule has 3 aromatic rings. The molecule has 0 aliphatic rings. The van der Waals surface area contributed by atoms with Crippen LogP contribution in [0.15, 0.2) is 58.0 Å². The molecular weight excluding hydrogens is 340 g/mol. The Morgan fingerprint density at radius 1 is 1.20 bits per heavy atom. The number of anilines is 3. The highest BCUT2D eigenvalue weighted by Crippen LogP contribution is 2.26. The van der Waals surface area contributed by atoms with Gasteiger partial charge in [-0.15, -0.1) is 0 Å². The standard InChI is InChI=1S/C17H16N4O3S/c1-25(22,23)14-5-2-11(3-6-14)16-10-20-17(24-16)21-13-4-7-15(19)12(8-13)9-18/h2-10,18H,19H2,1H3,(H,20,21). The molecule has 128 valence electrons. The molecule has 25 heavy (non-hydrogen) atoms. The van der Waals surface area contributed by atoms with Crippen LogP contribution in [-0.4, -0.2) is 25.9 Å². The Morgan fingerprint density at radius 2 is 1.92 bits per heavy atom. The summed E-state index contributed by atoms with van der Waals surface area (Å²) in [6, 6.07) is 11.8. The molecule has 7 nitrogen and oxygen atoms in total. The van der Waals surface area contributed by atoms with Gasteiger partial charge in [-0.2, -0.15) is 0 Å². The van der Waals surface area contributed by atoms with Crippen molar-refractivity contribution in [2.45, 2.75) is 4.90 Å². The first-order valence-electron chi connectivity index (χ1n) is 7.30. The minimum Gasteiger partial charge on any atom is -0.423 e. The number of aromatic nitrogens is 1. The lowest BCUT2D eigenvalue weighted by atomic mass is 10.2. The van der Waals surface area contributed by atoms with Crippen LogP contribution in [0.5, 0.6) is 0 Å². The normalized spacial score (nSPS) is 11.2. The Labute approximate surface area is 144 Å². The van der Waals surface area contributed by atoms with E-state index in [4.69, 9.17) is 15.6 Å². The zero-order valence-electron chi connectivity index (χ0n) is 13.4. The summed E-state index contributed by atoms with van der Waals surface area (Å²) in [4.78, 5) is 4.40. The van der Waals surface area contributed by atoms with E-state index in [-0.39, 0.29) is 10.9 Å². The minimum absolute atomic E-state index is 0.246. The molecule has 0 saturated heterocycles. The zero-order chi connectivity index (χ0) is 18.0. The van der Waals surface area contributed by atoms with Crippen LogP contribution in [0.3, 0.4) is 0 Å². The van der Waals surface area contributed by atoms with Gasteiger partial charge in [0.1, 0.15) is 0 Å². The molecule has 0 fully saturated rings. The van der Waals surface area contributed by atoms with Crippen LogP contribution in [0.2, 0.25) is 0 Å². The van der Waals surface area contributed by atoms with Crippen molar-refractivity contribution in [2.24, 2.45) is 0 Å². The van der Waals surface area contributed by atoms with Gasteiger partial charge in [-0.3, -0.25) is 0 Å². The fourth-order valence-electron chi connectivity index (χ4n) is 2.23. The van der Waals surface area contributed by atoms with E-state index in [1.807, 2.05) is 0 Å². The Morgan fingerprint density at radius 3 is 2.56 bits per heavy atom. The smallest absolute Gasteiger partial charge is 0.299 e. The summed E-state index contributed by atoms with van der Waals surface area (Å²) >= 11 is 0. The van der Waals surface area contributed by atoms with Crippen molar-refractivity contribution >= 4 is 33.4 Å². The quantitative estimate of drug-likeness (QED) is 0.477. The van der Waals surface area contributed by atoms with E-state index in [0.717, 1.165) is 6.26 Å². The number of sulfone groups is 1. The van der Waals surface area contributed by atoms with Crippen molar-refractivity contribution < 1.29 is 12.8 Å². The molecule has 0 spiro atoms. The molecule has 0 atom stereocenters. The third-order valence-electron chi connectivity index (χ3n) is 3.57. The molecule has 0 saturated carbocycles. The van der Waals surface area contributed by atoms with Crippen molar-refractivity contribution in [1.82, 2.24) is 4.98 Å². The van der Waals surface area contributed by atoms with Gasteiger partial charge in [0.05, 0.1) is 11.1 Å². The van der Waals surface area contributed by atoms with Crippen molar-refractivity contribution in [2.75, 3.05) is 17.3 Å². The van der Waals surface area contributed by atoms with Gasteiger partial charge in [-0.25, -0.2) is 13.4 Å². The first-order valence-corrected chi connectivity index (χ1v) is 9.19. The Balaban J connectivity index is 1.82. The Hall–Kier alpha value is -3.13. The van der Waals surface area contributed by atoms with Gasteiger partial charge in [0, 0.05) is 35.0 Å². The van der Waals surface area contributed by atoms with Gasteiger partial charge < -0.3 is 20.9 Å². The third-order valence-corrected chi connectivity index (χ3v) is 4.69. The van der Waals surface area contributed by atoms with Gasteiger partial charge in [-0.05, 0) is 42.5 Å². The largest absolute Gasteiger partial charge is 0.423 e. The van der Waals surface area contributed by atoms with Crippen LogP contribution >= 0.6 is 0 Å². The summed E-state index contributed by atoms with van der Waals surface area (Å²) < 4.78 is 28.6. The minimum atomic E-state index is -3.23. The van der Waals surface area contributed by atoms with E-state index < -0.39 is 9.84 Å². The SMILES string of the molecule is CS(=O)(=O)c1ccc(-c2cnc(Nc3ccc(N)c(C=N)c3)o2)cc1. The summed E-state index contributed by atoms with van der Waals surface area (Å²) in [5.41, 5.74) is 8.26. The van der Waals surface area contributed by atoms with Crippen LogP contribution < -0.4 is 11.1 Å². The number of rotatable bonds is 5. The average Bonchev–Trinajstić information content (AvgIpc) is 3.04. The number of nitrogens with zero attached hydrogens (tertiary/aromatic N) is 1. The lowest BCUT2D eigenvalue weighted by Gasteiger charge is -2.05. The highest BCUT2D eigenvalue weighted by molar-refractivity contribution is 7.90. The van der Waals surface area contributed by atoms with Crippen molar-refractivity contribution in [3.63, 3.8) is 0 Å². The van der Waals surface area contributed by atoms with Crippen molar-refractivity contribution in [3.05, 3.63) is 54.2 Å². The lowest BCUT2D eigenvalue weighted by molar-refractivity contribution is 0.591. The molecule has 8 heteroatoms. The average molecular weight is 356 g/mol. The van der Waals surface area contributed by atoms with Gasteiger partial charge in [-0.1, -0.05) is 0 Å². The van der Waals surface area contributed by atoms with E-state index in [1.54, 1.807) is 36.5 Å². The van der Waals surface area contributed by atoms with E-state index in [2.05, 4.69) is 10.3 Å². The number of oxazole rings is 1. The van der Waals surface area contributed by atoms with Crippen molar-refractivity contribution in [3.8, 4) is 11.3 Å². The summed E-state index contributed by atoms with van der Waals surface area (Å²) in [7, 11) is -3.23. The zero-order valence-corrected chi connectivity index (χ0v) is 14.2. The van der Waals surface area contributed by atoms with Crippen LogP contribution in [0.4, 0.5) is 17.4 Å². The van der Waals surface area contributed by atoms with Gasteiger partial charge >= 0.3 is 0 Å². The second-order valence-electron chi connectivity index (χ2n) is 5.44. The number of hydrogen-bond acceptors (Lipinski definition) is 7. The molecule has 0 amide bonds. The van der Waals surface area contributed by atoms with Crippen LogP contribution in [-0.2, 0) is 9.84 Å². The fraction of sp³-hybridized carbons (Fsp3) is 0.0588. The first kappa shape index (κ1) is 16.7. The lowest BCUT2D eigenvalue weighted by Crippen LogP contribution is -1.96. The monoisotopic (exact) mass is 356 g/mol. The maximum absolute atomic E-state index is 11.5. The topological polar surface area (TPSA) is 122 Å². The maximum atomic E-state index is 11.5. The molecule has 0 aliphatic heterocycles. The Kier molecular flexibility index (Phi) is 4.28. The molecule has 2 aromatic carbocycles. The predicted molar refractivity (Wildman–Crippen MR) is 97.1 cm³/mol. The van der Waals surface area contributed by atoms with Crippen LogP contribution in [0.25, 0.3) is 11.3 Å². The first-order chi connectivity index (χ1) is 11.9. The van der Waals surface area contributed by atoms with Gasteiger partial charge in [0.2, 0.25) is 0 Å². The van der Waals surface area contributed by atoms with Crippen LogP contribution in [0, 0.1) is 5.41 Å².